The van der Waals surface area contributed by atoms with E-state index in [9.17, 15) is 4.79 Å². The molecular weight excluding hydrogens is 416 g/mol. The van der Waals surface area contributed by atoms with Gasteiger partial charge in [-0.1, -0.05) is 18.2 Å². The molecule has 8 heteroatoms. The van der Waals surface area contributed by atoms with Crippen LogP contribution < -0.4 is 20.7 Å². The van der Waals surface area contributed by atoms with Gasteiger partial charge in [-0.25, -0.2) is 19.7 Å². The predicted octanol–water partition coefficient (Wildman–Crippen LogP) is 4.55. The fourth-order valence-corrected chi connectivity index (χ4v) is 3.24. The van der Waals surface area contributed by atoms with E-state index in [1.165, 1.54) is 4.90 Å². The standard InChI is InChI=1S/C25H24N6O2/c1-18-5-2-3-7-23(18)31(24-28-15-12-22(30-24)19-6-4-14-27-17-19)25(32)29-20-8-10-21(11-9-20)33-16-13-26/h2-12,14-15,17H,13,16,26H2,1H3,(H,29,32). The number of carbonyl (C=O) groups is 1. The van der Waals surface area contributed by atoms with E-state index in [2.05, 4.69) is 20.3 Å². The number of anilines is 3. The van der Waals surface area contributed by atoms with Gasteiger partial charge in [0.2, 0.25) is 5.95 Å². The number of aromatic nitrogens is 3. The molecule has 8 nitrogen and oxygen atoms in total. The summed E-state index contributed by atoms with van der Waals surface area (Å²) < 4.78 is 5.50. The normalized spacial score (nSPS) is 10.5. The number of hydrogen-bond acceptors (Lipinski definition) is 6. The highest BCUT2D eigenvalue weighted by molar-refractivity contribution is 6.06. The maximum Gasteiger partial charge on any atom is 0.333 e. The number of urea groups is 1. The first kappa shape index (κ1) is 21.9. The van der Waals surface area contributed by atoms with Crippen molar-refractivity contribution in [3.8, 4) is 17.0 Å². The highest BCUT2D eigenvalue weighted by atomic mass is 16.5. The van der Waals surface area contributed by atoms with Crippen LogP contribution in [0.4, 0.5) is 22.1 Å². The largest absolute Gasteiger partial charge is 0.492 e. The smallest absolute Gasteiger partial charge is 0.333 e. The molecule has 0 saturated heterocycles. The van der Waals surface area contributed by atoms with E-state index in [4.69, 9.17) is 10.5 Å². The summed E-state index contributed by atoms with van der Waals surface area (Å²) in [6, 6.07) is 19.8. The van der Waals surface area contributed by atoms with E-state index in [-0.39, 0.29) is 12.0 Å². The summed E-state index contributed by atoms with van der Waals surface area (Å²) >= 11 is 0. The van der Waals surface area contributed by atoms with Gasteiger partial charge in [0.15, 0.2) is 0 Å². The van der Waals surface area contributed by atoms with Crippen molar-refractivity contribution in [2.45, 2.75) is 6.92 Å². The number of nitrogens with one attached hydrogen (secondary N) is 1. The molecular formula is C25H24N6O2. The zero-order chi connectivity index (χ0) is 23.0. The quantitative estimate of drug-likeness (QED) is 0.437. The maximum atomic E-state index is 13.4. The predicted molar refractivity (Wildman–Crippen MR) is 129 cm³/mol. The Hall–Kier alpha value is -4.30. The summed E-state index contributed by atoms with van der Waals surface area (Å²) in [5.41, 5.74) is 9.18. The second-order valence-corrected chi connectivity index (χ2v) is 7.20. The minimum atomic E-state index is -0.386. The van der Waals surface area contributed by atoms with Gasteiger partial charge >= 0.3 is 6.03 Å². The zero-order valence-electron chi connectivity index (χ0n) is 18.2. The van der Waals surface area contributed by atoms with Crippen molar-refractivity contribution in [1.82, 2.24) is 15.0 Å². The molecule has 0 aliphatic carbocycles. The van der Waals surface area contributed by atoms with Crippen molar-refractivity contribution in [2.24, 2.45) is 5.73 Å². The van der Waals surface area contributed by atoms with Crippen LogP contribution in [0.3, 0.4) is 0 Å². The van der Waals surface area contributed by atoms with Crippen LogP contribution in [-0.2, 0) is 0 Å². The van der Waals surface area contributed by atoms with Crippen molar-refractivity contribution in [2.75, 3.05) is 23.4 Å². The number of ether oxygens (including phenoxy) is 1. The molecule has 0 aliphatic rings. The Bertz CT molecular complexity index is 1220. The number of para-hydroxylation sites is 1. The highest BCUT2D eigenvalue weighted by Gasteiger charge is 2.23. The summed E-state index contributed by atoms with van der Waals surface area (Å²) in [6.07, 6.45) is 5.05. The number of benzene rings is 2. The van der Waals surface area contributed by atoms with Crippen molar-refractivity contribution in [3.05, 3.63) is 90.9 Å². The lowest BCUT2D eigenvalue weighted by Crippen LogP contribution is -2.32. The molecule has 2 amide bonds. The van der Waals surface area contributed by atoms with Gasteiger partial charge in [0.25, 0.3) is 0 Å². The molecule has 0 spiro atoms. The van der Waals surface area contributed by atoms with E-state index in [0.29, 0.717) is 36.0 Å². The summed E-state index contributed by atoms with van der Waals surface area (Å²) in [7, 11) is 0. The molecule has 2 aromatic carbocycles. The summed E-state index contributed by atoms with van der Waals surface area (Å²) in [5.74, 6) is 0.938. The molecule has 4 rings (SSSR count). The zero-order valence-corrected chi connectivity index (χ0v) is 18.2. The first-order valence-corrected chi connectivity index (χ1v) is 10.5. The number of rotatable bonds is 7. The van der Waals surface area contributed by atoms with Crippen molar-refractivity contribution >= 4 is 23.4 Å². The average Bonchev–Trinajstić information content (AvgIpc) is 2.86. The highest BCUT2D eigenvalue weighted by Crippen LogP contribution is 2.28. The monoisotopic (exact) mass is 440 g/mol. The van der Waals surface area contributed by atoms with Gasteiger partial charge in [0.05, 0.1) is 11.4 Å². The van der Waals surface area contributed by atoms with E-state index in [0.717, 1.165) is 11.1 Å². The first-order valence-electron chi connectivity index (χ1n) is 10.5. The van der Waals surface area contributed by atoms with Gasteiger partial charge in [-0.05, 0) is 61.0 Å². The summed E-state index contributed by atoms with van der Waals surface area (Å²) in [5, 5.41) is 2.92. The van der Waals surface area contributed by atoms with Crippen LogP contribution >= 0.6 is 0 Å². The van der Waals surface area contributed by atoms with Crippen LogP contribution in [0.25, 0.3) is 11.3 Å². The molecule has 2 heterocycles. The lowest BCUT2D eigenvalue weighted by Gasteiger charge is -2.23. The molecule has 0 bridgehead atoms. The third-order valence-electron chi connectivity index (χ3n) is 4.85. The number of amides is 2. The van der Waals surface area contributed by atoms with Gasteiger partial charge in [0.1, 0.15) is 12.4 Å². The van der Waals surface area contributed by atoms with Crippen molar-refractivity contribution < 1.29 is 9.53 Å². The van der Waals surface area contributed by atoms with E-state index in [1.807, 2.05) is 43.3 Å². The lowest BCUT2D eigenvalue weighted by atomic mass is 10.2. The fraction of sp³-hybridized carbons (Fsp3) is 0.120. The Kier molecular flexibility index (Phi) is 6.87. The van der Waals surface area contributed by atoms with Crippen LogP contribution in [0.1, 0.15) is 5.56 Å². The van der Waals surface area contributed by atoms with Crippen LogP contribution in [0.2, 0.25) is 0 Å². The lowest BCUT2D eigenvalue weighted by molar-refractivity contribution is 0.258. The molecule has 0 atom stereocenters. The SMILES string of the molecule is Cc1ccccc1N(C(=O)Nc1ccc(OCCN)cc1)c1nccc(-c2cccnc2)n1. The Morgan fingerprint density at radius 3 is 2.58 bits per heavy atom. The Morgan fingerprint density at radius 2 is 1.85 bits per heavy atom. The van der Waals surface area contributed by atoms with Gasteiger partial charge in [-0.3, -0.25) is 4.98 Å². The summed E-state index contributed by atoms with van der Waals surface area (Å²) in [6.45, 7) is 2.80. The van der Waals surface area contributed by atoms with Gasteiger partial charge in [-0.15, -0.1) is 0 Å². The Balaban J connectivity index is 1.66. The van der Waals surface area contributed by atoms with Crippen LogP contribution in [-0.4, -0.2) is 34.1 Å². The summed E-state index contributed by atoms with van der Waals surface area (Å²) in [4.78, 5) is 28.1. The molecule has 166 valence electrons. The van der Waals surface area contributed by atoms with Crippen LogP contribution in [0, 0.1) is 6.92 Å². The number of nitrogens with two attached hydrogens (primary N) is 1. The third kappa shape index (κ3) is 5.31. The molecule has 0 aliphatic heterocycles. The average molecular weight is 441 g/mol. The molecule has 4 aromatic rings. The minimum absolute atomic E-state index is 0.256. The van der Waals surface area contributed by atoms with Crippen LogP contribution in [0.15, 0.2) is 85.3 Å². The van der Waals surface area contributed by atoms with Crippen molar-refractivity contribution in [3.63, 3.8) is 0 Å². The van der Waals surface area contributed by atoms with Crippen molar-refractivity contribution in [1.29, 1.82) is 0 Å². The molecule has 33 heavy (non-hydrogen) atoms. The number of carbonyl (C=O) groups excluding carboxylic acids is 1. The maximum absolute atomic E-state index is 13.4. The number of nitrogens with zero attached hydrogens (tertiary/aromatic N) is 4. The number of aryl methyl sites for hydroxylation is 1. The topological polar surface area (TPSA) is 106 Å². The molecule has 0 fully saturated rings. The van der Waals surface area contributed by atoms with E-state index in [1.54, 1.807) is 48.9 Å². The Morgan fingerprint density at radius 1 is 1.03 bits per heavy atom. The van der Waals surface area contributed by atoms with Gasteiger partial charge in [0, 0.05) is 36.4 Å². The van der Waals surface area contributed by atoms with Gasteiger partial charge < -0.3 is 15.8 Å². The molecule has 2 aromatic heterocycles. The third-order valence-corrected chi connectivity index (χ3v) is 4.85. The molecule has 0 unspecified atom stereocenters. The second kappa shape index (κ2) is 10.3. The molecule has 3 N–H and O–H groups in total. The Labute approximate surface area is 192 Å². The molecule has 0 saturated carbocycles. The van der Waals surface area contributed by atoms with E-state index < -0.39 is 0 Å². The minimum Gasteiger partial charge on any atom is -0.492 e. The fourth-order valence-electron chi connectivity index (χ4n) is 3.24. The first-order chi connectivity index (χ1) is 16.2. The van der Waals surface area contributed by atoms with E-state index >= 15 is 0 Å². The number of hydrogen-bond donors (Lipinski definition) is 2. The van der Waals surface area contributed by atoms with Crippen LogP contribution in [0.5, 0.6) is 5.75 Å². The second-order valence-electron chi connectivity index (χ2n) is 7.20. The molecule has 0 radical (unpaired) electrons. The number of pyridine rings is 1. The van der Waals surface area contributed by atoms with Gasteiger partial charge in [-0.2, -0.15) is 0 Å².